The predicted octanol–water partition coefficient (Wildman–Crippen LogP) is 9.36. The van der Waals surface area contributed by atoms with Crippen LogP contribution in [0, 0.1) is 46.3 Å². The molecule has 0 nitrogen and oxygen atoms in total. The van der Waals surface area contributed by atoms with Crippen molar-refractivity contribution in [3.8, 4) is 0 Å². The Labute approximate surface area is 219 Å². The third-order valence-electron chi connectivity index (χ3n) is 12.4. The molecule has 8 fully saturated rings. The zero-order valence-electron chi connectivity index (χ0n) is 22.6. The van der Waals surface area contributed by atoms with Gasteiger partial charge in [-0.05, 0) is 158 Å². The second-order valence-corrected chi connectivity index (χ2v) is 15.4. The van der Waals surface area contributed by atoms with E-state index in [2.05, 4.69) is 55.5 Å². The van der Waals surface area contributed by atoms with Crippen molar-refractivity contribution in [1.29, 1.82) is 0 Å². The molecule has 0 saturated heterocycles. The van der Waals surface area contributed by atoms with Crippen molar-refractivity contribution in [2.75, 3.05) is 0 Å². The average molecular weight is 479 g/mol. The summed E-state index contributed by atoms with van der Waals surface area (Å²) in [7, 11) is 0. The van der Waals surface area contributed by atoms with Gasteiger partial charge in [-0.2, -0.15) is 0 Å². The topological polar surface area (TPSA) is 0 Å². The molecular formula is C36H46. The zero-order valence-corrected chi connectivity index (χ0v) is 22.6. The van der Waals surface area contributed by atoms with Gasteiger partial charge in [-0.15, -0.1) is 0 Å². The van der Waals surface area contributed by atoms with Crippen LogP contribution < -0.4 is 0 Å². The first kappa shape index (κ1) is 22.4. The minimum atomic E-state index is 0.479. The van der Waals surface area contributed by atoms with E-state index in [1.165, 1.54) is 62.5 Å². The number of hydrogen-bond acceptors (Lipinski definition) is 0. The van der Waals surface area contributed by atoms with Crippen molar-refractivity contribution in [2.24, 2.45) is 46.3 Å². The van der Waals surface area contributed by atoms with E-state index in [0.29, 0.717) is 16.7 Å². The molecule has 2 aromatic carbocycles. The van der Waals surface area contributed by atoms with Crippen molar-refractivity contribution in [3.63, 3.8) is 0 Å². The largest absolute Gasteiger partial charge is 0.0587 e. The van der Waals surface area contributed by atoms with Crippen molar-refractivity contribution >= 4 is 0 Å². The fraction of sp³-hybridized carbons (Fsp3) is 0.667. The Balaban J connectivity index is 0.936. The van der Waals surface area contributed by atoms with E-state index in [1.54, 1.807) is 49.7 Å². The fourth-order valence-corrected chi connectivity index (χ4v) is 11.9. The predicted molar refractivity (Wildman–Crippen MR) is 149 cm³/mol. The van der Waals surface area contributed by atoms with E-state index in [4.69, 9.17) is 0 Å². The summed E-state index contributed by atoms with van der Waals surface area (Å²) in [5, 5.41) is 0. The maximum absolute atomic E-state index is 2.48. The second-order valence-electron chi connectivity index (χ2n) is 15.4. The third-order valence-corrected chi connectivity index (χ3v) is 12.4. The highest BCUT2D eigenvalue weighted by Crippen LogP contribution is 2.62. The summed E-state index contributed by atoms with van der Waals surface area (Å²) in [6.45, 7) is 2.40. The molecule has 0 aliphatic heterocycles. The van der Waals surface area contributed by atoms with Crippen LogP contribution in [-0.2, 0) is 12.8 Å². The lowest BCUT2D eigenvalue weighted by Crippen LogP contribution is -2.47. The quantitative estimate of drug-likeness (QED) is 0.388. The normalized spacial score (nSPS) is 42.7. The lowest BCUT2D eigenvalue weighted by Gasteiger charge is -2.57. The molecule has 36 heavy (non-hydrogen) atoms. The Kier molecular flexibility index (Phi) is 5.12. The smallest absolute Gasteiger partial charge is 0.00610 e. The first-order valence-electron chi connectivity index (χ1n) is 15.7. The lowest BCUT2D eigenvalue weighted by atomic mass is 9.48. The first-order chi connectivity index (χ1) is 17.5. The molecule has 0 atom stereocenters. The minimum Gasteiger partial charge on any atom is -0.0587 e. The van der Waals surface area contributed by atoms with Gasteiger partial charge in [0, 0.05) is 5.92 Å². The molecule has 0 spiro atoms. The molecule has 8 saturated carbocycles. The average Bonchev–Trinajstić information content (AvgIpc) is 2.82. The molecule has 0 heteroatoms. The molecule has 0 heterocycles. The van der Waals surface area contributed by atoms with Crippen LogP contribution in [0.25, 0.3) is 0 Å². The second kappa shape index (κ2) is 8.22. The van der Waals surface area contributed by atoms with Crippen LogP contribution >= 0.6 is 0 Å². The highest BCUT2D eigenvalue weighted by atomic mass is 14.6. The van der Waals surface area contributed by atoms with Crippen molar-refractivity contribution in [2.45, 2.75) is 103 Å². The third kappa shape index (κ3) is 3.92. The molecule has 8 aliphatic carbocycles. The van der Waals surface area contributed by atoms with Gasteiger partial charge < -0.3 is 0 Å². The molecule has 0 N–H and O–H groups in total. The molecule has 0 aromatic heterocycles. The minimum absolute atomic E-state index is 0.479. The van der Waals surface area contributed by atoms with E-state index >= 15 is 0 Å². The maximum Gasteiger partial charge on any atom is 0.00610 e. The number of hydrogen-bond donors (Lipinski definition) is 0. The Morgan fingerprint density at radius 3 is 1.06 bits per heavy atom. The van der Waals surface area contributed by atoms with E-state index < -0.39 is 0 Å². The Morgan fingerprint density at radius 1 is 0.500 bits per heavy atom. The first-order valence-corrected chi connectivity index (χ1v) is 15.7. The summed E-state index contributed by atoms with van der Waals surface area (Å²) in [6.07, 6.45) is 21.1. The van der Waals surface area contributed by atoms with Gasteiger partial charge in [-0.3, -0.25) is 0 Å². The fourth-order valence-electron chi connectivity index (χ4n) is 11.9. The summed E-state index contributed by atoms with van der Waals surface area (Å²) in [6, 6.07) is 19.7. The summed E-state index contributed by atoms with van der Waals surface area (Å²) < 4.78 is 0. The number of benzene rings is 2. The SMILES string of the molecule is CC(c1ccc(CC23CC4CC(CC(C4)C2)C3)cc1)c1ccc(CC23CC4CC(CC(C4)C2)C3)cc1. The Morgan fingerprint density at radius 2 is 0.778 bits per heavy atom. The Bertz CT molecular complexity index is 942. The van der Waals surface area contributed by atoms with E-state index in [-0.39, 0.29) is 0 Å². The van der Waals surface area contributed by atoms with Crippen LogP contribution in [-0.4, -0.2) is 0 Å². The standard InChI is InChI=1S/C36H46/c1-24(33-6-2-25(3-7-33)16-35-18-27-10-28(19-35)12-29(11-27)20-35)34-8-4-26(5-9-34)17-36-21-30-13-31(22-36)15-32(14-30)23-36/h2-9,24,27-32H,10-23H2,1H3. The molecule has 0 radical (unpaired) electrons. The van der Waals surface area contributed by atoms with E-state index in [0.717, 1.165) is 35.5 Å². The molecule has 190 valence electrons. The van der Waals surface area contributed by atoms with Crippen LogP contribution in [0.3, 0.4) is 0 Å². The van der Waals surface area contributed by atoms with Crippen LogP contribution in [0.4, 0.5) is 0 Å². The number of rotatable bonds is 6. The van der Waals surface area contributed by atoms with Crippen LogP contribution in [0.2, 0.25) is 0 Å². The van der Waals surface area contributed by atoms with Gasteiger partial charge in [0.25, 0.3) is 0 Å². The molecular weight excluding hydrogens is 432 g/mol. The van der Waals surface area contributed by atoms with E-state index in [1.807, 2.05) is 0 Å². The zero-order chi connectivity index (χ0) is 23.9. The summed E-state index contributed by atoms with van der Waals surface area (Å²) in [5.74, 6) is 6.82. The van der Waals surface area contributed by atoms with E-state index in [9.17, 15) is 0 Å². The van der Waals surface area contributed by atoms with Gasteiger partial charge >= 0.3 is 0 Å². The monoisotopic (exact) mass is 478 g/mol. The van der Waals surface area contributed by atoms with Gasteiger partial charge in [0.15, 0.2) is 0 Å². The molecule has 2 aromatic rings. The summed E-state index contributed by atoms with van der Waals surface area (Å²) in [4.78, 5) is 0. The highest BCUT2D eigenvalue weighted by molar-refractivity contribution is 5.36. The summed E-state index contributed by atoms with van der Waals surface area (Å²) >= 11 is 0. The Hall–Kier alpha value is -1.56. The van der Waals surface area contributed by atoms with Crippen LogP contribution in [0.15, 0.2) is 48.5 Å². The summed E-state index contributed by atoms with van der Waals surface area (Å²) in [5.41, 5.74) is 7.46. The van der Waals surface area contributed by atoms with Gasteiger partial charge in [0.1, 0.15) is 0 Å². The molecule has 8 aliphatic rings. The van der Waals surface area contributed by atoms with Crippen LogP contribution in [0.1, 0.15) is 112 Å². The van der Waals surface area contributed by atoms with Crippen LogP contribution in [0.5, 0.6) is 0 Å². The van der Waals surface area contributed by atoms with Gasteiger partial charge in [0.05, 0.1) is 0 Å². The maximum atomic E-state index is 2.48. The van der Waals surface area contributed by atoms with Crippen molar-refractivity contribution in [1.82, 2.24) is 0 Å². The molecule has 10 rings (SSSR count). The van der Waals surface area contributed by atoms with Crippen molar-refractivity contribution < 1.29 is 0 Å². The van der Waals surface area contributed by atoms with Gasteiger partial charge in [-0.25, -0.2) is 0 Å². The van der Waals surface area contributed by atoms with Gasteiger partial charge in [-0.1, -0.05) is 55.5 Å². The lowest BCUT2D eigenvalue weighted by molar-refractivity contribution is -0.0523. The highest BCUT2D eigenvalue weighted by Gasteiger charge is 2.51. The van der Waals surface area contributed by atoms with Gasteiger partial charge in [0.2, 0.25) is 0 Å². The molecule has 8 bridgehead atoms. The molecule has 0 amide bonds. The van der Waals surface area contributed by atoms with Crippen molar-refractivity contribution in [3.05, 3.63) is 70.8 Å². The molecule has 0 unspecified atom stereocenters.